The van der Waals surface area contributed by atoms with Crippen LogP contribution >= 0.6 is 0 Å². The molecule has 1 aromatic carbocycles. The Morgan fingerprint density at radius 1 is 1.12 bits per heavy atom. The molecule has 2 fully saturated rings. The molecule has 0 unspecified atom stereocenters. The van der Waals surface area contributed by atoms with Gasteiger partial charge in [-0.15, -0.1) is 0 Å². The van der Waals surface area contributed by atoms with Gasteiger partial charge in [0.05, 0.1) is 10.8 Å². The number of hydrogen-bond donors (Lipinski definition) is 0. The molecule has 1 aromatic rings. The lowest BCUT2D eigenvalue weighted by molar-refractivity contribution is -0.153. The van der Waals surface area contributed by atoms with E-state index in [1.807, 2.05) is 13.8 Å². The Bertz CT molecular complexity index is 782. The molecule has 26 heavy (non-hydrogen) atoms. The minimum atomic E-state index is -3.55. The van der Waals surface area contributed by atoms with E-state index in [0.29, 0.717) is 19.0 Å². The summed E-state index contributed by atoms with van der Waals surface area (Å²) < 4.78 is 31.8. The van der Waals surface area contributed by atoms with E-state index in [1.165, 1.54) is 4.31 Å². The SMILES string of the molecule is Cc1ccc(S(=O)(=O)N2CCN(C(=O)COC(=O)[C@@H]3C[C@H]3C)CC2)cc1. The zero-order valence-corrected chi connectivity index (χ0v) is 15.9. The van der Waals surface area contributed by atoms with Crippen molar-refractivity contribution in [1.82, 2.24) is 9.21 Å². The summed E-state index contributed by atoms with van der Waals surface area (Å²) in [4.78, 5) is 25.7. The zero-order valence-electron chi connectivity index (χ0n) is 15.1. The average molecular weight is 380 g/mol. The van der Waals surface area contributed by atoms with Gasteiger partial charge in [-0.25, -0.2) is 8.42 Å². The molecule has 3 rings (SSSR count). The van der Waals surface area contributed by atoms with E-state index >= 15 is 0 Å². The van der Waals surface area contributed by atoms with E-state index in [4.69, 9.17) is 4.74 Å². The highest BCUT2D eigenvalue weighted by Gasteiger charge is 2.41. The number of ether oxygens (including phenoxy) is 1. The van der Waals surface area contributed by atoms with Gasteiger partial charge in [0.25, 0.3) is 5.91 Å². The third kappa shape index (κ3) is 4.07. The number of aryl methyl sites for hydroxylation is 1. The second-order valence-electron chi connectivity index (χ2n) is 7.03. The third-order valence-corrected chi connectivity index (χ3v) is 6.91. The molecular formula is C18H24N2O5S. The number of rotatable bonds is 5. The van der Waals surface area contributed by atoms with Crippen molar-refractivity contribution in [1.29, 1.82) is 0 Å². The van der Waals surface area contributed by atoms with Crippen LogP contribution in [0.5, 0.6) is 0 Å². The average Bonchev–Trinajstić information content (AvgIpc) is 3.36. The molecule has 0 radical (unpaired) electrons. The monoisotopic (exact) mass is 380 g/mol. The molecule has 1 heterocycles. The van der Waals surface area contributed by atoms with Crippen LogP contribution in [0.15, 0.2) is 29.2 Å². The number of esters is 1. The maximum atomic E-state index is 12.7. The largest absolute Gasteiger partial charge is 0.455 e. The van der Waals surface area contributed by atoms with Crippen LogP contribution in [0.1, 0.15) is 18.9 Å². The van der Waals surface area contributed by atoms with E-state index in [-0.39, 0.29) is 42.4 Å². The van der Waals surface area contributed by atoms with Crippen LogP contribution in [-0.2, 0) is 24.3 Å². The minimum Gasteiger partial charge on any atom is -0.455 e. The van der Waals surface area contributed by atoms with Crippen molar-refractivity contribution in [2.45, 2.75) is 25.2 Å². The van der Waals surface area contributed by atoms with Gasteiger partial charge >= 0.3 is 5.97 Å². The van der Waals surface area contributed by atoms with E-state index in [2.05, 4.69) is 0 Å². The van der Waals surface area contributed by atoms with Crippen molar-refractivity contribution >= 4 is 21.9 Å². The summed E-state index contributed by atoms with van der Waals surface area (Å²) in [7, 11) is -3.55. The molecule has 1 saturated heterocycles. The number of benzene rings is 1. The summed E-state index contributed by atoms with van der Waals surface area (Å²) in [5.74, 6) is -0.321. The number of nitrogens with zero attached hydrogens (tertiary/aromatic N) is 2. The topological polar surface area (TPSA) is 84.0 Å². The highest BCUT2D eigenvalue weighted by Crippen LogP contribution is 2.38. The molecule has 2 aliphatic rings. The van der Waals surface area contributed by atoms with Gasteiger partial charge in [0.2, 0.25) is 10.0 Å². The van der Waals surface area contributed by atoms with Crippen LogP contribution in [0.3, 0.4) is 0 Å². The molecule has 2 atom stereocenters. The smallest absolute Gasteiger partial charge is 0.309 e. The lowest BCUT2D eigenvalue weighted by atomic mass is 10.2. The van der Waals surface area contributed by atoms with Gasteiger partial charge in [0, 0.05) is 26.2 Å². The molecule has 1 aliphatic heterocycles. The second-order valence-corrected chi connectivity index (χ2v) is 8.96. The molecule has 7 nitrogen and oxygen atoms in total. The number of carbonyl (C=O) groups is 2. The first-order valence-corrected chi connectivity index (χ1v) is 10.2. The van der Waals surface area contributed by atoms with E-state index in [9.17, 15) is 18.0 Å². The summed E-state index contributed by atoms with van der Waals surface area (Å²) in [5, 5.41) is 0. The predicted octanol–water partition coefficient (Wildman–Crippen LogP) is 1.03. The maximum absolute atomic E-state index is 12.7. The van der Waals surface area contributed by atoms with Crippen LogP contribution < -0.4 is 0 Å². The molecule has 1 saturated carbocycles. The first kappa shape index (κ1) is 18.8. The lowest BCUT2D eigenvalue weighted by Crippen LogP contribution is -2.51. The summed E-state index contributed by atoms with van der Waals surface area (Å²) in [6.07, 6.45) is 0.822. The summed E-state index contributed by atoms with van der Waals surface area (Å²) in [5.41, 5.74) is 0.995. The third-order valence-electron chi connectivity index (χ3n) is 5.00. The lowest BCUT2D eigenvalue weighted by Gasteiger charge is -2.33. The highest BCUT2D eigenvalue weighted by atomic mass is 32.2. The molecule has 0 spiro atoms. The van der Waals surface area contributed by atoms with Gasteiger partial charge in [0.15, 0.2) is 6.61 Å². The Balaban J connectivity index is 1.51. The Hall–Kier alpha value is -1.93. The Labute approximate surface area is 154 Å². The van der Waals surface area contributed by atoms with Gasteiger partial charge in [0.1, 0.15) is 0 Å². The van der Waals surface area contributed by atoms with Gasteiger partial charge in [-0.3, -0.25) is 9.59 Å². The normalized spacial score (nSPS) is 23.5. The van der Waals surface area contributed by atoms with Gasteiger partial charge in [-0.2, -0.15) is 4.31 Å². The van der Waals surface area contributed by atoms with Gasteiger partial charge in [-0.1, -0.05) is 24.6 Å². The van der Waals surface area contributed by atoms with Crippen molar-refractivity contribution in [3.05, 3.63) is 29.8 Å². The van der Waals surface area contributed by atoms with E-state index in [1.54, 1.807) is 29.2 Å². The number of amides is 1. The molecule has 8 heteroatoms. The fourth-order valence-electron chi connectivity index (χ4n) is 3.02. The van der Waals surface area contributed by atoms with E-state index in [0.717, 1.165) is 12.0 Å². The van der Waals surface area contributed by atoms with E-state index < -0.39 is 10.0 Å². The van der Waals surface area contributed by atoms with Crippen molar-refractivity contribution in [2.75, 3.05) is 32.8 Å². The number of piperazine rings is 1. The van der Waals surface area contributed by atoms with Gasteiger partial charge in [-0.05, 0) is 31.4 Å². The first-order valence-electron chi connectivity index (χ1n) is 8.80. The van der Waals surface area contributed by atoms with Crippen molar-refractivity contribution in [3.63, 3.8) is 0 Å². The van der Waals surface area contributed by atoms with Crippen molar-refractivity contribution < 1.29 is 22.7 Å². The Morgan fingerprint density at radius 2 is 1.69 bits per heavy atom. The molecule has 0 bridgehead atoms. The number of carbonyl (C=O) groups excluding carboxylic acids is 2. The predicted molar refractivity (Wildman–Crippen MR) is 94.7 cm³/mol. The molecule has 142 valence electrons. The van der Waals surface area contributed by atoms with Crippen molar-refractivity contribution in [3.8, 4) is 0 Å². The van der Waals surface area contributed by atoms with Crippen LogP contribution in [-0.4, -0.2) is 62.3 Å². The number of sulfonamides is 1. The molecular weight excluding hydrogens is 356 g/mol. The van der Waals surface area contributed by atoms with Crippen molar-refractivity contribution in [2.24, 2.45) is 11.8 Å². The van der Waals surface area contributed by atoms with Crippen LogP contribution in [0.2, 0.25) is 0 Å². The van der Waals surface area contributed by atoms with Gasteiger partial charge < -0.3 is 9.64 Å². The maximum Gasteiger partial charge on any atom is 0.309 e. The quantitative estimate of drug-likeness (QED) is 0.713. The molecule has 0 aromatic heterocycles. The zero-order chi connectivity index (χ0) is 18.9. The molecule has 1 aliphatic carbocycles. The summed E-state index contributed by atoms with van der Waals surface area (Å²) in [6.45, 7) is 4.65. The highest BCUT2D eigenvalue weighted by molar-refractivity contribution is 7.89. The molecule has 1 amide bonds. The van der Waals surface area contributed by atoms with Crippen LogP contribution in [0.25, 0.3) is 0 Å². The summed E-state index contributed by atoms with van der Waals surface area (Å²) in [6, 6.07) is 6.73. The summed E-state index contributed by atoms with van der Waals surface area (Å²) >= 11 is 0. The van der Waals surface area contributed by atoms with Crippen LogP contribution in [0.4, 0.5) is 0 Å². The Kier molecular flexibility index (Phi) is 5.34. The first-order chi connectivity index (χ1) is 12.3. The van der Waals surface area contributed by atoms with Crippen LogP contribution in [0, 0.1) is 18.8 Å². The minimum absolute atomic E-state index is 0.0701. The fraction of sp³-hybridized carbons (Fsp3) is 0.556. The molecule has 0 N–H and O–H groups in total. The Morgan fingerprint density at radius 3 is 2.23 bits per heavy atom. The standard InChI is InChI=1S/C18H24N2O5S/c1-13-3-5-15(6-4-13)26(23,24)20-9-7-19(8-10-20)17(21)12-25-18(22)16-11-14(16)2/h3-6,14,16H,7-12H2,1-2H3/t14-,16-/m1/s1. The second kappa shape index (κ2) is 7.36. The number of hydrogen-bond acceptors (Lipinski definition) is 5. The fourth-order valence-corrected chi connectivity index (χ4v) is 4.44.